The fraction of sp³-hybridized carbons (Fsp3) is 0.368. The fourth-order valence-electron chi connectivity index (χ4n) is 7.39. The van der Waals surface area contributed by atoms with Crippen molar-refractivity contribution in [2.45, 2.75) is 75.0 Å². The summed E-state index contributed by atoms with van der Waals surface area (Å²) in [6.07, 6.45) is -3.24. The lowest BCUT2D eigenvalue weighted by Gasteiger charge is -2.32. The van der Waals surface area contributed by atoms with Crippen LogP contribution in [-0.2, 0) is 31.5 Å². The number of alkyl halides is 6. The van der Waals surface area contributed by atoms with Crippen LogP contribution in [0.5, 0.6) is 0 Å². The fourth-order valence-corrected chi connectivity index (χ4v) is 7.57. The van der Waals surface area contributed by atoms with Gasteiger partial charge in [-0.3, -0.25) is 29.2 Å². The van der Waals surface area contributed by atoms with E-state index in [1.54, 1.807) is 24.3 Å². The first-order chi connectivity index (χ1) is 25.9. The minimum absolute atomic E-state index is 0.0341. The zero-order valence-electron chi connectivity index (χ0n) is 29.0. The molecule has 2 heterocycles. The maximum atomic E-state index is 13.2. The van der Waals surface area contributed by atoms with Crippen LogP contribution in [0.15, 0.2) is 82.8 Å². The molecule has 3 aromatic carbocycles. The highest BCUT2D eigenvalue weighted by atomic mass is 35.5. The van der Waals surface area contributed by atoms with Crippen molar-refractivity contribution in [1.29, 1.82) is 0 Å². The Labute approximate surface area is 315 Å². The Morgan fingerprint density at radius 1 is 0.673 bits per heavy atom. The first-order valence-electron chi connectivity index (χ1n) is 17.4. The van der Waals surface area contributed by atoms with E-state index in [4.69, 9.17) is 16.7 Å². The molecule has 55 heavy (non-hydrogen) atoms. The van der Waals surface area contributed by atoms with Gasteiger partial charge < -0.3 is 20.2 Å². The number of aliphatic carboxylic acids is 1. The van der Waals surface area contributed by atoms with Crippen molar-refractivity contribution in [3.8, 4) is 0 Å². The molecule has 2 spiro atoms. The lowest BCUT2D eigenvalue weighted by molar-refractivity contribution is -0.145. The van der Waals surface area contributed by atoms with Crippen molar-refractivity contribution in [2.75, 3.05) is 18.4 Å². The van der Waals surface area contributed by atoms with Gasteiger partial charge >= 0.3 is 18.3 Å². The summed E-state index contributed by atoms with van der Waals surface area (Å²) in [7, 11) is 0. The van der Waals surface area contributed by atoms with Crippen LogP contribution in [0.1, 0.15) is 73.6 Å². The number of nitrogens with zero attached hydrogens (tertiary/aromatic N) is 4. The molecule has 2 fully saturated rings. The largest absolute Gasteiger partial charge is 0.480 e. The number of hydrogen-bond acceptors (Lipinski definition) is 6. The Balaban J connectivity index is 0.000000193. The third-order valence-corrected chi connectivity index (χ3v) is 10.4. The number of para-hydroxylation sites is 1. The van der Waals surface area contributed by atoms with E-state index in [9.17, 15) is 45.5 Å². The second-order valence-corrected chi connectivity index (χ2v) is 14.1. The molecule has 290 valence electrons. The summed E-state index contributed by atoms with van der Waals surface area (Å²) in [4.78, 5) is 61.2. The Bertz CT molecular complexity index is 2040. The van der Waals surface area contributed by atoms with Gasteiger partial charge in [0.15, 0.2) is 0 Å². The minimum atomic E-state index is -4.46. The predicted molar refractivity (Wildman–Crippen MR) is 190 cm³/mol. The van der Waals surface area contributed by atoms with Crippen LogP contribution >= 0.6 is 11.6 Å². The Hall–Kier alpha value is -5.25. The van der Waals surface area contributed by atoms with Crippen molar-refractivity contribution in [1.82, 2.24) is 9.80 Å². The standard InChI is InChI=1S/C22H19ClF3N3O2.C16H15F3N2O3/c23-16-5-1-2-6-17(16)27-18(30)13-29-20(31)19(28-21(29)11-3-4-12-21)14-7-9-15(10-8-14)22(24,25)26;17-16(18,19)11-5-3-10(4-6-11)13-14(24)21(9-12(22)23)15(20-13)7-1-2-8-15/h1-2,5-10H,3-4,11-13H2,(H,27,30);3-6H,1-2,7-9H2,(H,22,23). The molecule has 0 bridgehead atoms. The van der Waals surface area contributed by atoms with Crippen LogP contribution in [0.25, 0.3) is 0 Å². The number of rotatable bonds is 7. The number of anilines is 1. The van der Waals surface area contributed by atoms with Gasteiger partial charge in [-0.25, -0.2) is 0 Å². The molecule has 2 N–H and O–H groups in total. The number of carbonyl (C=O) groups is 4. The molecule has 10 nitrogen and oxygen atoms in total. The summed E-state index contributed by atoms with van der Waals surface area (Å²) in [5.74, 6) is -2.56. The van der Waals surface area contributed by atoms with Crippen molar-refractivity contribution < 1.29 is 50.6 Å². The lowest BCUT2D eigenvalue weighted by Crippen LogP contribution is -2.48. The molecule has 0 atom stereocenters. The van der Waals surface area contributed by atoms with Crippen LogP contribution in [0.4, 0.5) is 32.0 Å². The molecule has 4 aliphatic rings. The monoisotopic (exact) mass is 789 g/mol. The van der Waals surface area contributed by atoms with Gasteiger partial charge in [-0.1, -0.05) is 48.0 Å². The summed E-state index contributed by atoms with van der Waals surface area (Å²) < 4.78 is 76.5. The normalized spacial score (nSPS) is 18.7. The molecule has 0 unspecified atom stereocenters. The number of halogens is 7. The molecule has 17 heteroatoms. The highest BCUT2D eigenvalue weighted by Crippen LogP contribution is 2.43. The zero-order chi connectivity index (χ0) is 39.8. The van der Waals surface area contributed by atoms with Crippen LogP contribution in [0.2, 0.25) is 5.02 Å². The average Bonchev–Trinajstić information content (AvgIpc) is 3.92. The Morgan fingerprint density at radius 2 is 1.07 bits per heavy atom. The maximum Gasteiger partial charge on any atom is 0.416 e. The van der Waals surface area contributed by atoms with Gasteiger partial charge in [0.1, 0.15) is 35.8 Å². The predicted octanol–water partition coefficient (Wildman–Crippen LogP) is 7.59. The summed E-state index contributed by atoms with van der Waals surface area (Å²) >= 11 is 6.08. The number of carboxylic acid groups (broad SMARTS) is 1. The van der Waals surface area contributed by atoms with Crippen LogP contribution in [0.3, 0.4) is 0 Å². The second-order valence-electron chi connectivity index (χ2n) is 13.7. The van der Waals surface area contributed by atoms with E-state index in [-0.39, 0.29) is 23.5 Å². The van der Waals surface area contributed by atoms with Gasteiger partial charge in [0.05, 0.1) is 21.8 Å². The summed E-state index contributed by atoms with van der Waals surface area (Å²) in [6, 6.07) is 15.3. The maximum absolute atomic E-state index is 13.2. The third-order valence-electron chi connectivity index (χ3n) is 10.1. The SMILES string of the molecule is O=C(CN1C(=O)C(c2ccc(C(F)(F)F)cc2)=NC12CCCC2)Nc1ccccc1Cl.O=C(O)CN1C(=O)C(c2ccc(C(F)(F)F)cc2)=NC12CCCC2. The quantitative estimate of drug-likeness (QED) is 0.238. The lowest BCUT2D eigenvalue weighted by atomic mass is 10.1. The molecule has 0 aromatic heterocycles. The minimum Gasteiger partial charge on any atom is -0.480 e. The van der Waals surface area contributed by atoms with Crippen LogP contribution in [0, 0.1) is 0 Å². The van der Waals surface area contributed by atoms with Crippen molar-refractivity contribution in [3.05, 3.63) is 100 Å². The molecule has 2 saturated carbocycles. The average molecular weight is 790 g/mol. The number of benzene rings is 3. The summed E-state index contributed by atoms with van der Waals surface area (Å²) in [5, 5.41) is 12.1. The summed E-state index contributed by atoms with van der Waals surface area (Å²) in [5.41, 5.74) is -2.19. The molecule has 2 aliphatic heterocycles. The van der Waals surface area contributed by atoms with Gasteiger partial charge in [-0.2, -0.15) is 26.3 Å². The highest BCUT2D eigenvalue weighted by molar-refractivity contribution is 6.47. The van der Waals surface area contributed by atoms with Gasteiger partial charge in [0.2, 0.25) is 5.91 Å². The summed E-state index contributed by atoms with van der Waals surface area (Å²) in [6.45, 7) is -0.690. The van der Waals surface area contributed by atoms with Gasteiger partial charge in [0.25, 0.3) is 11.8 Å². The van der Waals surface area contributed by atoms with Gasteiger partial charge in [-0.05, 0) is 87.8 Å². The zero-order valence-corrected chi connectivity index (χ0v) is 29.8. The third kappa shape index (κ3) is 8.23. The number of hydrogen-bond donors (Lipinski definition) is 2. The van der Waals surface area contributed by atoms with E-state index in [0.717, 1.165) is 49.9 Å². The van der Waals surface area contributed by atoms with Crippen molar-refractivity contribution >= 4 is 52.4 Å². The molecule has 3 amide bonds. The van der Waals surface area contributed by atoms with E-state index in [0.29, 0.717) is 42.0 Å². The van der Waals surface area contributed by atoms with Crippen LogP contribution < -0.4 is 5.32 Å². The van der Waals surface area contributed by atoms with Gasteiger partial charge in [-0.15, -0.1) is 0 Å². The van der Waals surface area contributed by atoms with Crippen LogP contribution in [-0.4, -0.2) is 74.4 Å². The van der Waals surface area contributed by atoms with E-state index in [1.807, 2.05) is 0 Å². The molecule has 0 radical (unpaired) electrons. The molecular weight excluding hydrogens is 756 g/mol. The van der Waals surface area contributed by atoms with Crippen molar-refractivity contribution in [2.24, 2.45) is 9.98 Å². The van der Waals surface area contributed by atoms with E-state index >= 15 is 0 Å². The van der Waals surface area contributed by atoms with E-state index in [1.165, 1.54) is 34.1 Å². The van der Waals surface area contributed by atoms with E-state index < -0.39 is 65.0 Å². The number of amides is 3. The molecule has 2 aliphatic carbocycles. The number of carbonyl (C=O) groups excluding carboxylic acids is 3. The van der Waals surface area contributed by atoms with Gasteiger partial charge in [0, 0.05) is 11.1 Å². The number of carboxylic acids is 1. The first kappa shape index (κ1) is 39.4. The van der Waals surface area contributed by atoms with E-state index in [2.05, 4.69) is 15.3 Å². The topological polar surface area (TPSA) is 132 Å². The Morgan fingerprint density at radius 3 is 1.45 bits per heavy atom. The molecular formula is C38H34ClF6N5O5. The highest BCUT2D eigenvalue weighted by Gasteiger charge is 2.51. The molecule has 0 saturated heterocycles. The number of nitrogens with one attached hydrogen (secondary N) is 1. The number of aliphatic imine (C=N–C) groups is 2. The smallest absolute Gasteiger partial charge is 0.416 e. The second kappa shape index (κ2) is 15.1. The Kier molecular flexibility index (Phi) is 10.8. The first-order valence-corrected chi connectivity index (χ1v) is 17.8. The molecule has 7 rings (SSSR count). The molecule has 3 aromatic rings. The van der Waals surface area contributed by atoms with Crippen molar-refractivity contribution in [3.63, 3.8) is 0 Å².